The lowest BCUT2D eigenvalue weighted by Crippen LogP contribution is -2.41. The number of nitrogens with zero attached hydrogens (tertiary/aromatic N) is 9. The number of nitrogens with one attached hydrogen (secondary N) is 1. The van der Waals surface area contributed by atoms with Crippen molar-refractivity contribution in [2.45, 2.75) is 108 Å². The van der Waals surface area contributed by atoms with Crippen LogP contribution in [0.5, 0.6) is 23.0 Å². The standard InChI is InChI=1S/C18H19N3O2.C17H17N3O2.C14H14BrNO2.C10H17BN2O2.C10H15BO.C6H6BrNO/c1-12-8-18(22)21(11-16(12)14-9-19-20(3)10-14)17-6-5-15(23-4)7-13(17)2;1-11-7-17(22)20(16-5-4-14(21)6-12(16)2)10-15(11)13-8-18-19(3)9-13;1-9-7-14(17)16(8-12(9)15)13-5-4-11(18-3)6-10(13)2;1-9(2)10(3,4)15-11(14-9)8-6-12-13(5)7-8;1-8-7-9(12-4)5-6-10(8)11(2)3;1-4-2-6(9)8-3-5(4)7/h5-11H,1-4H3;4-10,21H,1-3H3;4-8H,1-3H3;6-7H,1-5H3;5-7H,1-4H3;2-3H,1H3,(H,8,9). The third kappa shape index (κ3) is 19.7. The van der Waals surface area contributed by atoms with E-state index < -0.39 is 0 Å². The second-order valence-electron chi connectivity index (χ2n) is 25.5. The highest BCUT2D eigenvalue weighted by atomic mass is 79.9. The summed E-state index contributed by atoms with van der Waals surface area (Å²) in [6.45, 7) is 28.7. The molecule has 0 radical (unpaired) electrons. The summed E-state index contributed by atoms with van der Waals surface area (Å²) >= 11 is 6.70. The van der Waals surface area contributed by atoms with Crippen LogP contribution in [0.3, 0.4) is 0 Å². The number of aromatic hydroxyl groups is 1. The molecule has 1 saturated heterocycles. The van der Waals surface area contributed by atoms with Crippen LogP contribution in [0.1, 0.15) is 72.2 Å². The zero-order valence-electron chi connectivity index (χ0n) is 60.1. The molecule has 0 aliphatic carbocycles. The Kier molecular flexibility index (Phi) is 25.9. The molecule has 0 saturated carbocycles. The molecule has 1 aliphatic heterocycles. The number of aromatic nitrogens is 10. The molecule has 4 aromatic carbocycles. The first kappa shape index (κ1) is 76.9. The van der Waals surface area contributed by atoms with Gasteiger partial charge in [0.2, 0.25) is 5.56 Å². The van der Waals surface area contributed by atoms with Crippen molar-refractivity contribution < 1.29 is 28.6 Å². The monoisotopic (exact) mass is 1470 g/mol. The molecule has 0 amide bonds. The summed E-state index contributed by atoms with van der Waals surface area (Å²) in [6, 6.07) is 29.0. The van der Waals surface area contributed by atoms with Crippen LogP contribution >= 0.6 is 31.9 Å². The van der Waals surface area contributed by atoms with Crippen molar-refractivity contribution in [3.05, 3.63) is 254 Å². The van der Waals surface area contributed by atoms with E-state index in [-0.39, 0.29) is 46.3 Å². The molecule has 11 aromatic rings. The number of hydrogen-bond donors (Lipinski definition) is 2. The number of phenols is 1. The van der Waals surface area contributed by atoms with Crippen molar-refractivity contribution in [2.75, 3.05) is 21.3 Å². The zero-order valence-corrected chi connectivity index (χ0v) is 63.2. The first-order valence-corrected chi connectivity index (χ1v) is 33.5. The minimum Gasteiger partial charge on any atom is -0.508 e. The molecule has 99 heavy (non-hydrogen) atoms. The topological polar surface area (TPSA) is 219 Å². The number of aromatic amines is 1. The summed E-state index contributed by atoms with van der Waals surface area (Å²) < 4.78 is 39.3. The maximum absolute atomic E-state index is 12.4. The molecule has 0 atom stereocenters. The largest absolute Gasteiger partial charge is 0.508 e. The van der Waals surface area contributed by atoms with Gasteiger partial charge >= 0.3 is 7.12 Å². The Morgan fingerprint density at radius 2 is 0.869 bits per heavy atom. The molecule has 7 aromatic heterocycles. The number of aryl methyl sites for hydroxylation is 11. The summed E-state index contributed by atoms with van der Waals surface area (Å²) in [5.41, 5.74) is 15.8. The minimum absolute atomic E-state index is 0.0380. The van der Waals surface area contributed by atoms with Gasteiger partial charge in [-0.1, -0.05) is 30.7 Å². The molecule has 0 bridgehead atoms. The molecule has 24 heteroatoms. The van der Waals surface area contributed by atoms with Gasteiger partial charge in [0, 0.05) is 132 Å². The maximum atomic E-state index is 12.4. The van der Waals surface area contributed by atoms with Crippen molar-refractivity contribution in [1.29, 1.82) is 0 Å². The molecule has 0 spiro atoms. The number of pyridine rings is 4. The molecule has 1 fully saturated rings. The Morgan fingerprint density at radius 1 is 0.475 bits per heavy atom. The lowest BCUT2D eigenvalue weighted by atomic mass is 9.48. The number of ether oxygens (including phenoxy) is 3. The van der Waals surface area contributed by atoms with Gasteiger partial charge in [-0.25, -0.2) is 0 Å². The van der Waals surface area contributed by atoms with Crippen LogP contribution < -0.4 is 47.4 Å². The SMILES string of the molecule is COc1ccc(-n2cc(-c3cnn(C)c3)c(C)cc2=O)c(C)c1.COc1ccc(-n2cc(Br)c(C)cc2=O)c(C)c1.COc1ccc(B(C)C)c(C)c1.Cc1cc(=O)[nH]cc1Br.Cc1cc(=O)n(-c2ccc(O)cc2C)cc1-c1cnn(C)c1.Cn1cc(B2OC(C)(C)C(C)(C)O2)cn1. The molecular weight excluding hydrogens is 1380 g/mol. The highest BCUT2D eigenvalue weighted by Crippen LogP contribution is 2.36. The molecule has 0 unspecified atom stereocenters. The summed E-state index contributed by atoms with van der Waals surface area (Å²) in [6.07, 6.45) is 18.3. The van der Waals surface area contributed by atoms with Gasteiger partial charge in [0.15, 0.2) is 6.71 Å². The third-order valence-electron chi connectivity index (χ3n) is 16.9. The Bertz CT molecular complexity index is 4870. The Morgan fingerprint density at radius 3 is 1.24 bits per heavy atom. The van der Waals surface area contributed by atoms with Crippen LogP contribution in [0, 0.1) is 55.4 Å². The summed E-state index contributed by atoms with van der Waals surface area (Å²) in [5.74, 6) is 2.69. The van der Waals surface area contributed by atoms with Crippen LogP contribution in [0.4, 0.5) is 0 Å². The number of benzene rings is 4. The van der Waals surface area contributed by atoms with Crippen molar-refractivity contribution in [2.24, 2.45) is 21.1 Å². The quantitative estimate of drug-likeness (QED) is 0.122. The highest BCUT2D eigenvalue weighted by molar-refractivity contribution is 9.10. The van der Waals surface area contributed by atoms with Crippen molar-refractivity contribution in [3.8, 4) is 62.3 Å². The summed E-state index contributed by atoms with van der Waals surface area (Å²) in [5, 5.41) is 22.0. The number of phenolic OH excluding ortho intramolecular Hbond substituents is 1. The lowest BCUT2D eigenvalue weighted by Gasteiger charge is -2.32. The first-order chi connectivity index (χ1) is 46.6. The maximum Gasteiger partial charge on any atom is 0.498 e. The average Bonchev–Trinajstić information content (AvgIpc) is 1.77. The smallest absolute Gasteiger partial charge is 0.498 e. The summed E-state index contributed by atoms with van der Waals surface area (Å²) in [7, 11) is 10.3. The lowest BCUT2D eigenvalue weighted by molar-refractivity contribution is 0.00578. The molecule has 12 rings (SSSR count). The van der Waals surface area contributed by atoms with Gasteiger partial charge in [-0.05, 0) is 221 Å². The zero-order chi connectivity index (χ0) is 73.0. The van der Waals surface area contributed by atoms with Crippen LogP contribution in [0.2, 0.25) is 13.6 Å². The number of halogens is 2. The van der Waals surface area contributed by atoms with E-state index in [1.165, 1.54) is 11.0 Å². The van der Waals surface area contributed by atoms with Crippen molar-refractivity contribution in [3.63, 3.8) is 0 Å². The first-order valence-electron chi connectivity index (χ1n) is 31.9. The van der Waals surface area contributed by atoms with E-state index in [2.05, 4.69) is 84.8 Å². The normalized spacial score (nSPS) is 12.4. The van der Waals surface area contributed by atoms with E-state index >= 15 is 0 Å². The molecular formula is C75H88B2Br2N10O10. The van der Waals surface area contributed by atoms with E-state index in [1.54, 1.807) is 123 Å². The number of hydrogen-bond acceptors (Lipinski definition) is 13. The van der Waals surface area contributed by atoms with E-state index in [9.17, 15) is 24.3 Å². The van der Waals surface area contributed by atoms with Crippen molar-refractivity contribution in [1.82, 2.24) is 48.0 Å². The molecule has 1 aliphatic rings. The number of methoxy groups -OCH3 is 3. The van der Waals surface area contributed by atoms with Gasteiger partial charge in [0.05, 0.1) is 62.0 Å². The fraction of sp³-hybridized carbons (Fsp3) is 0.293. The van der Waals surface area contributed by atoms with Crippen LogP contribution in [-0.2, 0) is 30.5 Å². The van der Waals surface area contributed by atoms with Gasteiger partial charge in [-0.15, -0.1) is 0 Å². The minimum atomic E-state index is -0.302. The van der Waals surface area contributed by atoms with Crippen LogP contribution in [0.25, 0.3) is 39.3 Å². The summed E-state index contributed by atoms with van der Waals surface area (Å²) in [4.78, 5) is 49.9. The van der Waals surface area contributed by atoms with Crippen LogP contribution in [0.15, 0.2) is 187 Å². The van der Waals surface area contributed by atoms with Gasteiger partial charge < -0.3 is 33.6 Å². The molecule has 518 valence electrons. The average molecular weight is 1470 g/mol. The predicted molar refractivity (Wildman–Crippen MR) is 405 cm³/mol. The predicted octanol–water partition coefficient (Wildman–Crippen LogP) is 12.8. The Balaban J connectivity index is 0.000000171. The highest BCUT2D eigenvalue weighted by Gasteiger charge is 2.52. The van der Waals surface area contributed by atoms with E-state index in [0.29, 0.717) is 6.71 Å². The molecule has 20 nitrogen and oxygen atoms in total. The van der Waals surface area contributed by atoms with Gasteiger partial charge in [-0.3, -0.25) is 46.9 Å². The Hall–Kier alpha value is -9.48. The fourth-order valence-electron chi connectivity index (χ4n) is 10.6. The van der Waals surface area contributed by atoms with Gasteiger partial charge in [0.25, 0.3) is 16.7 Å². The second-order valence-corrected chi connectivity index (χ2v) is 27.2. The van der Waals surface area contributed by atoms with Crippen LogP contribution in [-0.4, -0.2) is 99.5 Å². The van der Waals surface area contributed by atoms with E-state index in [1.807, 2.05) is 171 Å². The number of H-pyrrole nitrogens is 1. The fourth-order valence-corrected chi connectivity index (χ4v) is 11.2. The molecule has 8 heterocycles. The van der Waals surface area contributed by atoms with E-state index in [0.717, 1.165) is 110 Å². The van der Waals surface area contributed by atoms with Gasteiger partial charge in [-0.2, -0.15) is 15.3 Å². The number of rotatable bonds is 10. The second kappa shape index (κ2) is 33.4. The molecule has 2 N–H and O–H groups in total. The third-order valence-corrected chi connectivity index (χ3v) is 18.6. The van der Waals surface area contributed by atoms with E-state index in [4.69, 9.17) is 23.5 Å². The van der Waals surface area contributed by atoms with Crippen molar-refractivity contribution >= 4 is 56.6 Å². The Labute approximate surface area is 596 Å². The van der Waals surface area contributed by atoms with Gasteiger partial charge in [0.1, 0.15) is 23.0 Å².